The monoisotopic (exact) mass is 636 g/mol. The second-order valence-corrected chi connectivity index (χ2v) is 14.6. The number of nitriles is 1. The van der Waals surface area contributed by atoms with Crippen LogP contribution in [0.1, 0.15) is 57.1 Å². The fraction of sp³-hybridized carbons (Fsp3) is 0.244. The van der Waals surface area contributed by atoms with Gasteiger partial charge in [-0.15, -0.1) is 0 Å². The smallest absolute Gasteiger partial charge is 0.164 e. The van der Waals surface area contributed by atoms with Crippen LogP contribution in [0.5, 0.6) is 0 Å². The lowest BCUT2D eigenvalue weighted by Crippen LogP contribution is -2.38. The summed E-state index contributed by atoms with van der Waals surface area (Å²) < 4.78 is 0. The zero-order valence-corrected chi connectivity index (χ0v) is 28.2. The molecule has 0 spiro atoms. The first-order valence-electron chi connectivity index (χ1n) is 17.6. The lowest BCUT2D eigenvalue weighted by molar-refractivity contribution is 0.0899. The number of benzene rings is 5. The second-order valence-electron chi connectivity index (χ2n) is 14.6. The summed E-state index contributed by atoms with van der Waals surface area (Å²) in [6, 6.07) is 46.2. The van der Waals surface area contributed by atoms with Crippen molar-refractivity contribution in [3.05, 3.63) is 139 Å². The molecule has 2 fully saturated rings. The number of nitrogens with zero attached hydrogens (tertiary/aromatic N) is 4. The lowest BCUT2D eigenvalue weighted by Gasteiger charge is -2.47. The molecule has 2 unspecified atom stereocenters. The Hall–Kier alpha value is -5.40. The van der Waals surface area contributed by atoms with Crippen LogP contribution in [0.25, 0.3) is 56.4 Å². The van der Waals surface area contributed by atoms with Crippen molar-refractivity contribution >= 4 is 0 Å². The molecule has 0 amide bonds. The predicted octanol–water partition coefficient (Wildman–Crippen LogP) is 11.2. The van der Waals surface area contributed by atoms with Crippen LogP contribution in [0.4, 0.5) is 0 Å². The summed E-state index contributed by atoms with van der Waals surface area (Å²) in [4.78, 5) is 15.0. The van der Waals surface area contributed by atoms with E-state index < -0.39 is 0 Å². The molecule has 0 N–H and O–H groups in total. The van der Waals surface area contributed by atoms with E-state index in [1.165, 1.54) is 48.8 Å². The molecule has 2 saturated carbocycles. The molecule has 5 aromatic carbocycles. The van der Waals surface area contributed by atoms with Crippen LogP contribution < -0.4 is 0 Å². The summed E-state index contributed by atoms with van der Waals surface area (Å²) in [5, 5.41) is 9.36. The molecule has 1 aromatic heterocycles. The van der Waals surface area contributed by atoms with Gasteiger partial charge in [0.2, 0.25) is 0 Å². The molecule has 2 aliphatic rings. The maximum absolute atomic E-state index is 9.36. The normalized spacial score (nSPS) is 21.5. The number of fused-ring (bicyclic) bond motifs is 2. The maximum Gasteiger partial charge on any atom is 0.164 e. The quantitative estimate of drug-likeness (QED) is 0.182. The number of hydrogen-bond donors (Lipinski definition) is 0. The molecular formula is C45H40N4. The minimum absolute atomic E-state index is 0.257. The SMILES string of the molecule is C[C@@H]1CC2C[C@@H](C1)CC(C)(c1ccc(-c3ccc(-c4nc(-c5ccccc5)nc(-c5ccc(C#N)cc5)n4)c(-c4ccccc4)c3)cc1)C2. The second kappa shape index (κ2) is 12.9. The summed E-state index contributed by atoms with van der Waals surface area (Å²) in [7, 11) is 0. The van der Waals surface area contributed by atoms with E-state index in [2.05, 4.69) is 86.6 Å². The molecule has 2 bridgehead atoms. The van der Waals surface area contributed by atoms with E-state index in [-0.39, 0.29) is 5.41 Å². The third kappa shape index (κ3) is 6.30. The van der Waals surface area contributed by atoms with E-state index in [9.17, 15) is 5.26 Å². The summed E-state index contributed by atoms with van der Waals surface area (Å²) >= 11 is 0. The van der Waals surface area contributed by atoms with E-state index >= 15 is 0 Å². The Labute approximate surface area is 289 Å². The summed E-state index contributed by atoms with van der Waals surface area (Å²) in [6.07, 6.45) is 6.82. The molecule has 0 saturated heterocycles. The van der Waals surface area contributed by atoms with E-state index in [4.69, 9.17) is 15.0 Å². The Kier molecular flexibility index (Phi) is 8.14. The fourth-order valence-corrected chi connectivity index (χ4v) is 8.70. The summed E-state index contributed by atoms with van der Waals surface area (Å²) in [5.74, 6) is 4.40. The van der Waals surface area contributed by atoms with Crippen molar-refractivity contribution < 1.29 is 0 Å². The first-order valence-corrected chi connectivity index (χ1v) is 17.6. The Bertz CT molecular complexity index is 2110. The van der Waals surface area contributed by atoms with Gasteiger partial charge in [-0.05, 0) is 119 Å². The summed E-state index contributed by atoms with van der Waals surface area (Å²) in [6.45, 7) is 4.95. The number of hydrogen-bond acceptors (Lipinski definition) is 4. The largest absolute Gasteiger partial charge is 0.208 e. The van der Waals surface area contributed by atoms with Crippen LogP contribution in [-0.2, 0) is 5.41 Å². The van der Waals surface area contributed by atoms with Crippen LogP contribution in [0.2, 0.25) is 0 Å². The predicted molar refractivity (Wildman–Crippen MR) is 198 cm³/mol. The van der Waals surface area contributed by atoms with Crippen molar-refractivity contribution in [3.63, 3.8) is 0 Å². The van der Waals surface area contributed by atoms with Gasteiger partial charge in [-0.2, -0.15) is 5.26 Å². The van der Waals surface area contributed by atoms with E-state index in [0.29, 0.717) is 23.0 Å². The molecule has 49 heavy (non-hydrogen) atoms. The van der Waals surface area contributed by atoms with Crippen molar-refractivity contribution in [1.29, 1.82) is 5.26 Å². The average molecular weight is 637 g/mol. The molecule has 240 valence electrons. The Morgan fingerprint density at radius 2 is 1.08 bits per heavy atom. The topological polar surface area (TPSA) is 62.5 Å². The molecule has 6 aromatic rings. The van der Waals surface area contributed by atoms with Gasteiger partial charge in [0.05, 0.1) is 11.6 Å². The molecule has 4 nitrogen and oxygen atoms in total. The standard InChI is InChI=1S/C45H40N4/c1-30-23-32-25-33(24-30)28-45(2,27-32)39-20-17-34(18-21-39)38-19-22-40(41(26-38)35-9-5-3-6-10-35)44-48-42(36-11-7-4-8-12-36)47-43(49-44)37-15-13-31(29-46)14-16-37/h3-22,26,30,32-33H,23-25,27-28H2,1-2H3/t30-,32+,33?,45?/m0/s1. The highest BCUT2D eigenvalue weighted by atomic mass is 15.0. The molecule has 4 atom stereocenters. The van der Waals surface area contributed by atoms with Gasteiger partial charge in [0.1, 0.15) is 0 Å². The minimum atomic E-state index is 0.257. The van der Waals surface area contributed by atoms with Gasteiger partial charge >= 0.3 is 0 Å². The van der Waals surface area contributed by atoms with Crippen molar-refractivity contribution in [2.75, 3.05) is 0 Å². The highest BCUT2D eigenvalue weighted by Crippen LogP contribution is 2.51. The van der Waals surface area contributed by atoms with Gasteiger partial charge in [-0.25, -0.2) is 15.0 Å². The molecule has 0 aliphatic heterocycles. The Morgan fingerprint density at radius 3 is 1.69 bits per heavy atom. The van der Waals surface area contributed by atoms with Crippen molar-refractivity contribution in [2.24, 2.45) is 17.8 Å². The number of aromatic nitrogens is 3. The van der Waals surface area contributed by atoms with Gasteiger partial charge < -0.3 is 0 Å². The summed E-state index contributed by atoms with van der Waals surface area (Å²) in [5.41, 5.74) is 9.58. The van der Waals surface area contributed by atoms with Crippen molar-refractivity contribution in [2.45, 2.75) is 51.4 Å². The van der Waals surface area contributed by atoms with Gasteiger partial charge in [-0.1, -0.05) is 105 Å². The fourth-order valence-electron chi connectivity index (χ4n) is 8.70. The average Bonchev–Trinajstić information content (AvgIpc) is 3.14. The van der Waals surface area contributed by atoms with Gasteiger partial charge in [0.25, 0.3) is 0 Å². The van der Waals surface area contributed by atoms with Gasteiger partial charge in [0, 0.05) is 16.7 Å². The van der Waals surface area contributed by atoms with Crippen LogP contribution in [0.15, 0.2) is 127 Å². The van der Waals surface area contributed by atoms with E-state index in [1.54, 1.807) is 12.1 Å². The first kappa shape index (κ1) is 30.9. The molecule has 4 heteroatoms. The maximum atomic E-state index is 9.36. The van der Waals surface area contributed by atoms with Crippen LogP contribution in [0.3, 0.4) is 0 Å². The highest BCUT2D eigenvalue weighted by Gasteiger charge is 2.41. The number of rotatable bonds is 6. The van der Waals surface area contributed by atoms with E-state index in [1.807, 2.05) is 48.5 Å². The first-order chi connectivity index (χ1) is 23.9. The van der Waals surface area contributed by atoms with E-state index in [0.717, 1.165) is 45.6 Å². The van der Waals surface area contributed by atoms with Crippen LogP contribution in [0, 0.1) is 29.1 Å². The third-order valence-electron chi connectivity index (χ3n) is 10.8. The van der Waals surface area contributed by atoms with Crippen molar-refractivity contribution in [1.82, 2.24) is 15.0 Å². The zero-order chi connectivity index (χ0) is 33.4. The van der Waals surface area contributed by atoms with Crippen LogP contribution in [-0.4, -0.2) is 15.0 Å². The highest BCUT2D eigenvalue weighted by molar-refractivity contribution is 5.85. The Balaban J connectivity index is 1.20. The van der Waals surface area contributed by atoms with Gasteiger partial charge in [0.15, 0.2) is 17.5 Å². The third-order valence-corrected chi connectivity index (χ3v) is 10.8. The molecule has 2 aliphatic carbocycles. The van der Waals surface area contributed by atoms with Crippen LogP contribution >= 0.6 is 0 Å². The lowest BCUT2D eigenvalue weighted by atomic mass is 9.57. The molecule has 8 rings (SSSR count). The molecular weight excluding hydrogens is 597 g/mol. The minimum Gasteiger partial charge on any atom is -0.208 e. The van der Waals surface area contributed by atoms with Crippen molar-refractivity contribution in [3.8, 4) is 62.5 Å². The molecule has 1 heterocycles. The van der Waals surface area contributed by atoms with Gasteiger partial charge in [-0.3, -0.25) is 0 Å². The Morgan fingerprint density at radius 1 is 0.551 bits per heavy atom. The molecule has 0 radical (unpaired) electrons. The zero-order valence-electron chi connectivity index (χ0n) is 28.2.